The quantitative estimate of drug-likeness (QED) is 0.662. The SMILES string of the molecule is Cc1nn(-c2ccccc2)c(C)c1CNC[C@@H](c1ccco1)N1CCCCC1. The van der Waals surface area contributed by atoms with Gasteiger partial charge in [0.15, 0.2) is 0 Å². The molecule has 5 nitrogen and oxygen atoms in total. The monoisotopic (exact) mass is 378 g/mol. The number of hydrogen-bond acceptors (Lipinski definition) is 4. The van der Waals surface area contributed by atoms with E-state index in [2.05, 4.69) is 54.4 Å². The van der Waals surface area contributed by atoms with Crippen molar-refractivity contribution in [2.45, 2.75) is 45.7 Å². The molecule has 28 heavy (non-hydrogen) atoms. The lowest BCUT2D eigenvalue weighted by Gasteiger charge is -2.33. The number of para-hydroxylation sites is 1. The van der Waals surface area contributed by atoms with Gasteiger partial charge in [-0.05, 0) is 64.0 Å². The molecule has 5 heteroatoms. The minimum atomic E-state index is 0.292. The number of rotatable bonds is 7. The van der Waals surface area contributed by atoms with Gasteiger partial charge in [-0.15, -0.1) is 0 Å². The third kappa shape index (κ3) is 4.05. The molecule has 0 unspecified atom stereocenters. The summed E-state index contributed by atoms with van der Waals surface area (Å²) in [6.45, 7) is 8.24. The Morgan fingerprint density at radius 3 is 2.54 bits per heavy atom. The van der Waals surface area contributed by atoms with Crippen molar-refractivity contribution < 1.29 is 4.42 Å². The lowest BCUT2D eigenvalue weighted by atomic mass is 10.1. The predicted octanol–water partition coefficient (Wildman–Crippen LogP) is 4.40. The van der Waals surface area contributed by atoms with Crippen LogP contribution in [0.5, 0.6) is 0 Å². The Hall–Kier alpha value is -2.37. The Kier molecular flexibility index (Phi) is 5.93. The van der Waals surface area contributed by atoms with E-state index < -0.39 is 0 Å². The maximum Gasteiger partial charge on any atom is 0.122 e. The molecule has 3 aromatic rings. The lowest BCUT2D eigenvalue weighted by Crippen LogP contribution is -2.38. The third-order valence-electron chi connectivity index (χ3n) is 5.78. The summed E-state index contributed by atoms with van der Waals surface area (Å²) in [4.78, 5) is 2.56. The summed E-state index contributed by atoms with van der Waals surface area (Å²) in [7, 11) is 0. The fourth-order valence-corrected chi connectivity index (χ4v) is 4.21. The second-order valence-corrected chi connectivity index (χ2v) is 7.66. The molecule has 0 saturated carbocycles. The van der Waals surface area contributed by atoms with Gasteiger partial charge in [0.05, 0.1) is 23.7 Å². The second-order valence-electron chi connectivity index (χ2n) is 7.66. The van der Waals surface area contributed by atoms with Crippen LogP contribution in [-0.2, 0) is 6.54 Å². The average molecular weight is 379 g/mol. The Bertz CT molecular complexity index is 864. The van der Waals surface area contributed by atoms with Crippen molar-refractivity contribution in [2.24, 2.45) is 0 Å². The van der Waals surface area contributed by atoms with Crippen LogP contribution in [-0.4, -0.2) is 34.3 Å². The molecule has 0 radical (unpaired) electrons. The van der Waals surface area contributed by atoms with E-state index in [0.717, 1.165) is 43.3 Å². The molecule has 1 atom stereocenters. The summed E-state index contributed by atoms with van der Waals surface area (Å²) in [5.74, 6) is 1.06. The fraction of sp³-hybridized carbons (Fsp3) is 0.435. The van der Waals surface area contributed by atoms with E-state index in [1.54, 1.807) is 6.26 Å². The number of hydrogen-bond donors (Lipinski definition) is 1. The molecule has 2 aromatic heterocycles. The Labute approximate surface area is 167 Å². The average Bonchev–Trinajstić information content (AvgIpc) is 3.36. The van der Waals surface area contributed by atoms with Crippen LogP contribution in [0.15, 0.2) is 53.1 Å². The van der Waals surface area contributed by atoms with E-state index in [0.29, 0.717) is 6.04 Å². The first kappa shape index (κ1) is 19.0. The molecule has 0 amide bonds. The summed E-state index contributed by atoms with van der Waals surface area (Å²) < 4.78 is 7.81. The van der Waals surface area contributed by atoms with Gasteiger partial charge in [0.2, 0.25) is 0 Å². The molecule has 3 heterocycles. The molecule has 0 aliphatic carbocycles. The highest BCUT2D eigenvalue weighted by atomic mass is 16.3. The molecule has 1 saturated heterocycles. The summed E-state index contributed by atoms with van der Waals surface area (Å²) >= 11 is 0. The van der Waals surface area contributed by atoms with E-state index in [-0.39, 0.29) is 0 Å². The van der Waals surface area contributed by atoms with Gasteiger partial charge in [0, 0.05) is 24.3 Å². The predicted molar refractivity (Wildman–Crippen MR) is 112 cm³/mol. The van der Waals surface area contributed by atoms with Crippen molar-refractivity contribution >= 4 is 0 Å². The first-order chi connectivity index (χ1) is 13.7. The summed E-state index contributed by atoms with van der Waals surface area (Å²) in [6.07, 6.45) is 5.68. The minimum Gasteiger partial charge on any atom is -0.468 e. The zero-order valence-electron chi connectivity index (χ0n) is 16.9. The van der Waals surface area contributed by atoms with Gasteiger partial charge >= 0.3 is 0 Å². The molecule has 1 aliphatic rings. The van der Waals surface area contributed by atoms with Crippen LogP contribution < -0.4 is 5.32 Å². The second kappa shape index (κ2) is 8.76. The molecular weight excluding hydrogens is 348 g/mol. The van der Waals surface area contributed by atoms with E-state index in [9.17, 15) is 0 Å². The van der Waals surface area contributed by atoms with Crippen molar-refractivity contribution in [1.82, 2.24) is 20.0 Å². The van der Waals surface area contributed by atoms with Gasteiger partial charge in [-0.3, -0.25) is 4.90 Å². The zero-order valence-corrected chi connectivity index (χ0v) is 16.9. The van der Waals surface area contributed by atoms with Crippen molar-refractivity contribution in [2.75, 3.05) is 19.6 Å². The first-order valence-electron chi connectivity index (χ1n) is 10.3. The van der Waals surface area contributed by atoms with Crippen LogP contribution >= 0.6 is 0 Å². The number of aryl methyl sites for hydroxylation is 1. The number of nitrogens with one attached hydrogen (secondary N) is 1. The smallest absolute Gasteiger partial charge is 0.122 e. The Balaban J connectivity index is 1.45. The van der Waals surface area contributed by atoms with Crippen LogP contribution in [0, 0.1) is 13.8 Å². The molecule has 1 N–H and O–H groups in total. The molecule has 1 aromatic carbocycles. The number of furan rings is 1. The molecule has 0 spiro atoms. The Morgan fingerprint density at radius 2 is 1.82 bits per heavy atom. The van der Waals surface area contributed by atoms with Crippen LogP contribution in [0.3, 0.4) is 0 Å². The number of piperidine rings is 1. The fourth-order valence-electron chi connectivity index (χ4n) is 4.21. The van der Waals surface area contributed by atoms with Crippen molar-refractivity contribution in [3.05, 3.63) is 71.4 Å². The van der Waals surface area contributed by atoms with Crippen molar-refractivity contribution in [3.63, 3.8) is 0 Å². The Morgan fingerprint density at radius 1 is 1.04 bits per heavy atom. The van der Waals surface area contributed by atoms with E-state index in [1.165, 1.54) is 30.5 Å². The molecule has 148 valence electrons. The lowest BCUT2D eigenvalue weighted by molar-refractivity contribution is 0.142. The highest BCUT2D eigenvalue weighted by Gasteiger charge is 2.24. The molecule has 1 fully saturated rings. The highest BCUT2D eigenvalue weighted by Crippen LogP contribution is 2.25. The summed E-state index contributed by atoms with van der Waals surface area (Å²) in [5, 5.41) is 8.44. The molecular formula is C23H30N4O. The maximum absolute atomic E-state index is 5.76. The van der Waals surface area contributed by atoms with Gasteiger partial charge in [0.1, 0.15) is 5.76 Å². The normalized spacial score (nSPS) is 16.4. The third-order valence-corrected chi connectivity index (χ3v) is 5.78. The number of aromatic nitrogens is 2. The number of nitrogens with zero attached hydrogens (tertiary/aromatic N) is 3. The molecule has 4 rings (SSSR count). The van der Waals surface area contributed by atoms with E-state index >= 15 is 0 Å². The highest BCUT2D eigenvalue weighted by molar-refractivity contribution is 5.36. The van der Waals surface area contributed by atoms with Crippen molar-refractivity contribution in [1.29, 1.82) is 0 Å². The summed E-state index contributed by atoms with van der Waals surface area (Å²) in [6, 6.07) is 14.7. The molecule has 1 aliphatic heterocycles. The van der Waals surface area contributed by atoms with Gasteiger partial charge < -0.3 is 9.73 Å². The van der Waals surface area contributed by atoms with E-state index in [1.807, 2.05) is 16.8 Å². The van der Waals surface area contributed by atoms with Crippen LogP contribution in [0.25, 0.3) is 5.69 Å². The van der Waals surface area contributed by atoms with E-state index in [4.69, 9.17) is 9.52 Å². The van der Waals surface area contributed by atoms with Gasteiger partial charge in [-0.25, -0.2) is 4.68 Å². The van der Waals surface area contributed by atoms with Crippen LogP contribution in [0.1, 0.15) is 48.0 Å². The largest absolute Gasteiger partial charge is 0.468 e. The van der Waals surface area contributed by atoms with Gasteiger partial charge in [-0.2, -0.15) is 5.10 Å². The van der Waals surface area contributed by atoms with Gasteiger partial charge in [-0.1, -0.05) is 24.6 Å². The zero-order chi connectivity index (χ0) is 19.3. The van der Waals surface area contributed by atoms with Crippen molar-refractivity contribution in [3.8, 4) is 5.69 Å². The standard InChI is InChI=1S/C23H30N4O/c1-18-21(19(2)27(25-18)20-10-5-3-6-11-20)16-24-17-22(23-12-9-15-28-23)26-13-7-4-8-14-26/h3,5-6,9-12,15,22,24H,4,7-8,13-14,16-17H2,1-2H3/t22-/m0/s1. The molecule has 0 bridgehead atoms. The minimum absolute atomic E-state index is 0.292. The maximum atomic E-state index is 5.76. The van der Waals surface area contributed by atoms with Crippen LogP contribution in [0.4, 0.5) is 0 Å². The first-order valence-corrected chi connectivity index (χ1v) is 10.3. The topological polar surface area (TPSA) is 46.2 Å². The summed E-state index contributed by atoms with van der Waals surface area (Å²) in [5.41, 5.74) is 4.67. The van der Waals surface area contributed by atoms with Gasteiger partial charge in [0.25, 0.3) is 0 Å². The number of likely N-dealkylation sites (tertiary alicyclic amines) is 1. The van der Waals surface area contributed by atoms with Crippen LogP contribution in [0.2, 0.25) is 0 Å². The number of benzene rings is 1.